The van der Waals surface area contributed by atoms with Gasteiger partial charge in [0.1, 0.15) is 6.23 Å². The largest absolute Gasteiger partial charge is 0.481 e. The van der Waals surface area contributed by atoms with Crippen molar-refractivity contribution in [2.24, 2.45) is 0 Å². The molecule has 2 amide bonds. The van der Waals surface area contributed by atoms with Crippen molar-refractivity contribution in [3.63, 3.8) is 0 Å². The summed E-state index contributed by atoms with van der Waals surface area (Å²) >= 11 is 0. The number of carboxylic acid groups (broad SMARTS) is 1. The average molecular weight is 418 g/mol. The van der Waals surface area contributed by atoms with E-state index >= 15 is 0 Å². The highest BCUT2D eigenvalue weighted by Crippen LogP contribution is 2.37. The van der Waals surface area contributed by atoms with Gasteiger partial charge in [0.15, 0.2) is 6.23 Å². The van der Waals surface area contributed by atoms with Gasteiger partial charge in [-0.3, -0.25) is 19.3 Å². The van der Waals surface area contributed by atoms with E-state index < -0.39 is 24.5 Å². The minimum atomic E-state index is -1.21. The number of carboxylic acids is 1. The number of piperazine rings is 1. The van der Waals surface area contributed by atoms with E-state index in [0.717, 1.165) is 18.8 Å². The molecule has 0 aliphatic carbocycles. The summed E-state index contributed by atoms with van der Waals surface area (Å²) in [6, 6.07) is 4.68. The molecule has 3 atom stereocenters. The molecule has 3 unspecified atom stereocenters. The molecule has 0 aromatic heterocycles. The molecule has 3 aliphatic heterocycles. The van der Waals surface area contributed by atoms with Gasteiger partial charge in [-0.2, -0.15) is 0 Å². The number of piperidine rings is 1. The van der Waals surface area contributed by atoms with Crippen molar-refractivity contribution in [3.8, 4) is 0 Å². The Labute approximate surface area is 173 Å². The van der Waals surface area contributed by atoms with E-state index in [-0.39, 0.29) is 31.1 Å². The molecule has 0 spiro atoms. The topological polar surface area (TPSA) is 134 Å². The number of aliphatic hydroxyl groups is 2. The van der Waals surface area contributed by atoms with E-state index in [0.29, 0.717) is 30.8 Å². The van der Waals surface area contributed by atoms with Gasteiger partial charge in [-0.25, -0.2) is 0 Å². The number of nitrogens with zero attached hydrogens (tertiary/aromatic N) is 3. The molecular weight excluding hydrogens is 392 g/mol. The lowest BCUT2D eigenvalue weighted by atomic mass is 10.0. The zero-order chi connectivity index (χ0) is 21.4. The minimum Gasteiger partial charge on any atom is -0.481 e. The Balaban J connectivity index is 1.45. The molecule has 2 saturated heterocycles. The van der Waals surface area contributed by atoms with Gasteiger partial charge >= 0.3 is 5.97 Å². The van der Waals surface area contributed by atoms with Crippen molar-refractivity contribution in [3.05, 3.63) is 29.3 Å². The van der Waals surface area contributed by atoms with Crippen LogP contribution in [0.1, 0.15) is 41.4 Å². The first-order valence-corrected chi connectivity index (χ1v) is 10.2. The molecular formula is C20H26N4O6. The molecule has 10 heteroatoms. The second-order valence-electron chi connectivity index (χ2n) is 7.95. The standard InChI is InChI=1S/C20H26N4O6/c25-16-4-3-15(18(28)21-16)24-19(29)13-2-1-12(11-14(13)20(24)30)23-9-7-22(8-10-23)6-5-17(26)27/h1-2,11,15,18-19,28-29H,3-10H2,(H,21,25)(H,26,27). The number of carbonyl (C=O) groups is 3. The van der Waals surface area contributed by atoms with Crippen molar-refractivity contribution < 1.29 is 29.7 Å². The minimum absolute atomic E-state index is 0.120. The van der Waals surface area contributed by atoms with Crippen molar-refractivity contribution in [1.82, 2.24) is 15.1 Å². The summed E-state index contributed by atoms with van der Waals surface area (Å²) in [5.41, 5.74) is 1.76. The summed E-state index contributed by atoms with van der Waals surface area (Å²) < 4.78 is 0. The molecule has 0 saturated carbocycles. The number of aliphatic hydroxyl groups excluding tert-OH is 2. The van der Waals surface area contributed by atoms with Gasteiger partial charge in [0, 0.05) is 56.0 Å². The Morgan fingerprint density at radius 1 is 1.13 bits per heavy atom. The first-order valence-electron chi connectivity index (χ1n) is 10.2. The number of fused-ring (bicyclic) bond motifs is 1. The van der Waals surface area contributed by atoms with Crippen LogP contribution in [0.15, 0.2) is 18.2 Å². The maximum atomic E-state index is 13.0. The Morgan fingerprint density at radius 3 is 2.53 bits per heavy atom. The van der Waals surface area contributed by atoms with Crippen LogP contribution < -0.4 is 10.2 Å². The Morgan fingerprint density at radius 2 is 1.87 bits per heavy atom. The number of anilines is 1. The molecule has 10 nitrogen and oxygen atoms in total. The van der Waals surface area contributed by atoms with Crippen LogP contribution in [0.4, 0.5) is 5.69 Å². The predicted octanol–water partition coefficient (Wildman–Crippen LogP) is -0.673. The van der Waals surface area contributed by atoms with Crippen LogP contribution in [0.2, 0.25) is 0 Å². The highest BCUT2D eigenvalue weighted by Gasteiger charge is 2.44. The summed E-state index contributed by atoms with van der Waals surface area (Å²) in [6.07, 6.45) is -1.78. The number of rotatable bonds is 5. The molecule has 2 fully saturated rings. The molecule has 162 valence electrons. The number of hydrogen-bond donors (Lipinski definition) is 4. The van der Waals surface area contributed by atoms with Gasteiger partial charge < -0.3 is 30.4 Å². The molecule has 1 aromatic rings. The third-order valence-electron chi connectivity index (χ3n) is 6.12. The summed E-state index contributed by atoms with van der Waals surface area (Å²) in [7, 11) is 0. The van der Waals surface area contributed by atoms with Crippen molar-refractivity contribution in [1.29, 1.82) is 0 Å². The monoisotopic (exact) mass is 418 g/mol. The summed E-state index contributed by atoms with van der Waals surface area (Å²) in [6.45, 7) is 3.42. The highest BCUT2D eigenvalue weighted by molar-refractivity contribution is 6.00. The van der Waals surface area contributed by atoms with E-state index in [1.165, 1.54) is 4.90 Å². The zero-order valence-corrected chi connectivity index (χ0v) is 16.5. The SMILES string of the molecule is O=C(O)CCN1CCN(c2ccc3c(c2)C(=O)N(C2CCC(=O)NC2O)C3O)CC1. The molecule has 3 aliphatic rings. The summed E-state index contributed by atoms with van der Waals surface area (Å²) in [5.74, 6) is -1.44. The van der Waals surface area contributed by atoms with Gasteiger partial charge in [-0.05, 0) is 18.6 Å². The fraction of sp³-hybridized carbons (Fsp3) is 0.550. The van der Waals surface area contributed by atoms with E-state index in [4.69, 9.17) is 5.11 Å². The number of amides is 2. The maximum Gasteiger partial charge on any atom is 0.304 e. The molecule has 0 bridgehead atoms. The zero-order valence-electron chi connectivity index (χ0n) is 16.5. The summed E-state index contributed by atoms with van der Waals surface area (Å²) in [5, 5.41) is 32.1. The molecule has 3 heterocycles. The Bertz CT molecular complexity index is 854. The van der Waals surface area contributed by atoms with Crippen molar-refractivity contribution in [2.45, 2.75) is 37.8 Å². The first kappa shape index (κ1) is 20.6. The maximum absolute atomic E-state index is 13.0. The fourth-order valence-electron chi connectivity index (χ4n) is 4.43. The average Bonchev–Trinajstić information content (AvgIpc) is 2.97. The lowest BCUT2D eigenvalue weighted by Gasteiger charge is -2.37. The van der Waals surface area contributed by atoms with Crippen molar-refractivity contribution in [2.75, 3.05) is 37.6 Å². The predicted molar refractivity (Wildman–Crippen MR) is 106 cm³/mol. The highest BCUT2D eigenvalue weighted by atomic mass is 16.4. The van der Waals surface area contributed by atoms with Gasteiger partial charge in [-0.1, -0.05) is 6.07 Å². The molecule has 4 N–H and O–H groups in total. The second kappa shape index (κ2) is 8.21. The number of aliphatic carboxylic acids is 1. The van der Waals surface area contributed by atoms with Gasteiger partial charge in [0.2, 0.25) is 5.91 Å². The van der Waals surface area contributed by atoms with Gasteiger partial charge in [0.25, 0.3) is 5.91 Å². The van der Waals surface area contributed by atoms with Gasteiger partial charge in [0.05, 0.1) is 12.5 Å². The molecule has 0 radical (unpaired) electrons. The van der Waals surface area contributed by atoms with Crippen LogP contribution in [0.3, 0.4) is 0 Å². The van der Waals surface area contributed by atoms with E-state index in [9.17, 15) is 24.6 Å². The lowest BCUT2D eigenvalue weighted by Crippen LogP contribution is -2.56. The van der Waals surface area contributed by atoms with Crippen LogP contribution >= 0.6 is 0 Å². The first-order chi connectivity index (χ1) is 14.3. The van der Waals surface area contributed by atoms with Crippen LogP contribution in [-0.2, 0) is 9.59 Å². The number of nitrogens with one attached hydrogen (secondary N) is 1. The fourth-order valence-corrected chi connectivity index (χ4v) is 4.43. The number of carbonyl (C=O) groups excluding carboxylic acids is 2. The number of benzene rings is 1. The Hall–Kier alpha value is -2.69. The third kappa shape index (κ3) is 3.85. The van der Waals surface area contributed by atoms with Gasteiger partial charge in [-0.15, -0.1) is 0 Å². The summed E-state index contributed by atoms with van der Waals surface area (Å²) in [4.78, 5) is 40.7. The molecule has 1 aromatic carbocycles. The second-order valence-corrected chi connectivity index (χ2v) is 7.95. The quantitative estimate of drug-likeness (QED) is 0.495. The van der Waals surface area contributed by atoms with Crippen LogP contribution in [-0.4, -0.2) is 87.9 Å². The van der Waals surface area contributed by atoms with Crippen LogP contribution in [0, 0.1) is 0 Å². The Kier molecular flexibility index (Phi) is 5.63. The molecule has 30 heavy (non-hydrogen) atoms. The van der Waals surface area contributed by atoms with E-state index in [1.807, 2.05) is 6.07 Å². The van der Waals surface area contributed by atoms with Crippen molar-refractivity contribution >= 4 is 23.5 Å². The van der Waals surface area contributed by atoms with E-state index in [1.54, 1.807) is 12.1 Å². The normalized spacial score (nSPS) is 27.2. The third-order valence-corrected chi connectivity index (χ3v) is 6.12. The lowest BCUT2D eigenvalue weighted by molar-refractivity contribution is -0.137. The molecule has 4 rings (SSSR count). The van der Waals surface area contributed by atoms with Crippen LogP contribution in [0.25, 0.3) is 0 Å². The van der Waals surface area contributed by atoms with Crippen LogP contribution in [0.5, 0.6) is 0 Å². The smallest absolute Gasteiger partial charge is 0.304 e. The van der Waals surface area contributed by atoms with E-state index in [2.05, 4.69) is 15.1 Å². The number of hydrogen-bond acceptors (Lipinski definition) is 7.